The van der Waals surface area contributed by atoms with Crippen LogP contribution in [0, 0.1) is 10.1 Å². The van der Waals surface area contributed by atoms with Crippen molar-refractivity contribution in [3.63, 3.8) is 0 Å². The van der Waals surface area contributed by atoms with Crippen LogP contribution in [0.15, 0.2) is 18.2 Å². The number of hydrogen-bond donors (Lipinski definition) is 0. The summed E-state index contributed by atoms with van der Waals surface area (Å²) in [4.78, 5) is 23.7. The number of rotatable bonds is 3. The Morgan fingerprint density at radius 1 is 1.33 bits per heavy atom. The number of halogens is 1. The lowest BCUT2D eigenvalue weighted by atomic mass is 10.1. The lowest BCUT2D eigenvalue weighted by molar-refractivity contribution is -0.385. The molecule has 0 amide bonds. The molecular formula is C12H13ClN2O3. The molecule has 0 bridgehead atoms. The van der Waals surface area contributed by atoms with Gasteiger partial charge in [0.1, 0.15) is 5.78 Å². The van der Waals surface area contributed by atoms with Gasteiger partial charge < -0.3 is 0 Å². The zero-order valence-corrected chi connectivity index (χ0v) is 10.5. The summed E-state index contributed by atoms with van der Waals surface area (Å²) in [6.07, 6.45) is 1.06. The smallest absolute Gasteiger partial charge is 0.275 e. The number of hydrogen-bond acceptors (Lipinski definition) is 4. The third kappa shape index (κ3) is 3.05. The number of carbonyl (C=O) groups excluding carboxylic acids is 1. The van der Waals surface area contributed by atoms with E-state index in [1.807, 2.05) is 0 Å². The van der Waals surface area contributed by atoms with Crippen molar-refractivity contribution in [2.24, 2.45) is 0 Å². The van der Waals surface area contributed by atoms with Crippen LogP contribution in [-0.2, 0) is 11.3 Å². The number of likely N-dealkylation sites (tertiary alicyclic amines) is 1. The molecule has 2 rings (SSSR count). The molecule has 1 fully saturated rings. The lowest BCUT2D eigenvalue weighted by Gasteiger charge is -2.25. The van der Waals surface area contributed by atoms with Crippen molar-refractivity contribution in [2.45, 2.75) is 19.4 Å². The highest BCUT2D eigenvalue weighted by molar-refractivity contribution is 6.30. The fourth-order valence-electron chi connectivity index (χ4n) is 2.04. The molecule has 1 saturated heterocycles. The molecule has 0 aliphatic carbocycles. The van der Waals surface area contributed by atoms with Gasteiger partial charge in [0.25, 0.3) is 5.69 Å². The Labute approximate surface area is 109 Å². The predicted molar refractivity (Wildman–Crippen MR) is 67.6 cm³/mol. The first-order valence-corrected chi connectivity index (χ1v) is 6.11. The normalized spacial score (nSPS) is 16.8. The summed E-state index contributed by atoms with van der Waals surface area (Å²) in [5.41, 5.74) is 0.679. The van der Waals surface area contributed by atoms with Gasteiger partial charge in [-0.25, -0.2) is 0 Å². The van der Waals surface area contributed by atoms with E-state index in [1.165, 1.54) is 6.07 Å². The van der Waals surface area contributed by atoms with Gasteiger partial charge in [-0.2, -0.15) is 0 Å². The van der Waals surface area contributed by atoms with E-state index in [2.05, 4.69) is 4.90 Å². The maximum atomic E-state index is 11.1. The Hall–Kier alpha value is -1.46. The third-order valence-corrected chi connectivity index (χ3v) is 3.29. The van der Waals surface area contributed by atoms with Crippen molar-refractivity contribution in [1.82, 2.24) is 4.90 Å². The maximum absolute atomic E-state index is 11.1. The van der Waals surface area contributed by atoms with Gasteiger partial charge >= 0.3 is 0 Å². The van der Waals surface area contributed by atoms with E-state index in [9.17, 15) is 14.9 Å². The number of nitro benzene ring substituents is 1. The number of nitro groups is 1. The molecule has 0 saturated carbocycles. The molecule has 1 aliphatic rings. The summed E-state index contributed by atoms with van der Waals surface area (Å²) in [6.45, 7) is 1.82. The van der Waals surface area contributed by atoms with E-state index in [0.29, 0.717) is 43.1 Å². The van der Waals surface area contributed by atoms with Gasteiger partial charge in [-0.15, -0.1) is 0 Å². The highest BCUT2D eigenvalue weighted by atomic mass is 35.5. The van der Waals surface area contributed by atoms with Gasteiger partial charge in [0, 0.05) is 49.1 Å². The second-order valence-corrected chi connectivity index (χ2v) is 4.78. The van der Waals surface area contributed by atoms with E-state index in [-0.39, 0.29) is 11.5 Å². The summed E-state index contributed by atoms with van der Waals surface area (Å²) in [5, 5.41) is 11.3. The van der Waals surface area contributed by atoms with Gasteiger partial charge in [-0.3, -0.25) is 19.8 Å². The van der Waals surface area contributed by atoms with Crippen LogP contribution in [0.4, 0.5) is 5.69 Å². The molecule has 0 aromatic heterocycles. The molecular weight excluding hydrogens is 256 g/mol. The minimum Gasteiger partial charge on any atom is -0.300 e. The highest BCUT2D eigenvalue weighted by Crippen LogP contribution is 2.25. The van der Waals surface area contributed by atoms with Crippen LogP contribution in [0.5, 0.6) is 0 Å². The average Bonchev–Trinajstić information content (AvgIpc) is 2.34. The Morgan fingerprint density at radius 3 is 2.61 bits per heavy atom. The predicted octanol–water partition coefficient (Wildman–Crippen LogP) is 2.41. The Kier molecular flexibility index (Phi) is 3.93. The van der Waals surface area contributed by atoms with Crippen LogP contribution in [0.2, 0.25) is 5.02 Å². The van der Waals surface area contributed by atoms with Crippen LogP contribution in [0.25, 0.3) is 0 Å². The topological polar surface area (TPSA) is 63.5 Å². The molecule has 0 radical (unpaired) electrons. The summed E-state index contributed by atoms with van der Waals surface area (Å²) >= 11 is 5.76. The number of piperidine rings is 1. The fraction of sp³-hybridized carbons (Fsp3) is 0.417. The molecule has 1 aromatic carbocycles. The van der Waals surface area contributed by atoms with Crippen LogP contribution in [-0.4, -0.2) is 28.7 Å². The number of carbonyl (C=O) groups is 1. The van der Waals surface area contributed by atoms with Crippen molar-refractivity contribution >= 4 is 23.1 Å². The number of nitrogens with zero attached hydrogens (tertiary/aromatic N) is 2. The quantitative estimate of drug-likeness (QED) is 0.624. The van der Waals surface area contributed by atoms with Gasteiger partial charge in [0.2, 0.25) is 0 Å². The monoisotopic (exact) mass is 268 g/mol. The van der Waals surface area contributed by atoms with Crippen LogP contribution >= 0.6 is 11.6 Å². The number of ketones is 1. The van der Waals surface area contributed by atoms with Gasteiger partial charge in [-0.1, -0.05) is 11.6 Å². The van der Waals surface area contributed by atoms with E-state index in [0.717, 1.165) is 0 Å². The maximum Gasteiger partial charge on any atom is 0.275 e. The second-order valence-electron chi connectivity index (χ2n) is 4.34. The number of benzene rings is 1. The molecule has 5 nitrogen and oxygen atoms in total. The minimum absolute atomic E-state index is 0.0411. The molecule has 96 valence electrons. The summed E-state index contributed by atoms with van der Waals surface area (Å²) in [5.74, 6) is 0.261. The second kappa shape index (κ2) is 5.46. The van der Waals surface area contributed by atoms with Crippen molar-refractivity contribution in [1.29, 1.82) is 0 Å². The van der Waals surface area contributed by atoms with Gasteiger partial charge in [-0.05, 0) is 12.1 Å². The first kappa shape index (κ1) is 13.0. The SMILES string of the molecule is O=C1CCN(Cc2ccc(Cl)cc2[N+](=O)[O-])CC1. The van der Waals surface area contributed by atoms with Crippen molar-refractivity contribution in [3.8, 4) is 0 Å². The van der Waals surface area contributed by atoms with E-state index < -0.39 is 4.92 Å². The fourth-order valence-corrected chi connectivity index (χ4v) is 2.21. The molecule has 6 heteroatoms. The summed E-state index contributed by atoms with van der Waals surface area (Å²) < 4.78 is 0. The van der Waals surface area contributed by atoms with Crippen LogP contribution in [0.1, 0.15) is 18.4 Å². The molecule has 18 heavy (non-hydrogen) atoms. The van der Waals surface area contributed by atoms with Crippen molar-refractivity contribution in [3.05, 3.63) is 38.9 Å². The highest BCUT2D eigenvalue weighted by Gasteiger charge is 2.20. The number of Topliss-reactive ketones (excluding diaryl/α,β-unsaturated/α-hetero) is 1. The van der Waals surface area contributed by atoms with Crippen molar-refractivity contribution < 1.29 is 9.72 Å². The third-order valence-electron chi connectivity index (χ3n) is 3.05. The van der Waals surface area contributed by atoms with Crippen LogP contribution < -0.4 is 0 Å². The molecule has 1 aliphatic heterocycles. The Balaban J connectivity index is 2.13. The first-order valence-electron chi connectivity index (χ1n) is 5.73. The van der Waals surface area contributed by atoms with Gasteiger partial charge in [0.15, 0.2) is 0 Å². The van der Waals surface area contributed by atoms with E-state index >= 15 is 0 Å². The van der Waals surface area contributed by atoms with Gasteiger partial charge in [0.05, 0.1) is 4.92 Å². The molecule has 1 heterocycles. The summed E-state index contributed by atoms with van der Waals surface area (Å²) in [6, 6.07) is 4.70. The Morgan fingerprint density at radius 2 is 2.00 bits per heavy atom. The molecule has 0 unspecified atom stereocenters. The van der Waals surface area contributed by atoms with E-state index in [4.69, 9.17) is 11.6 Å². The van der Waals surface area contributed by atoms with Crippen molar-refractivity contribution in [2.75, 3.05) is 13.1 Å². The molecule has 0 spiro atoms. The largest absolute Gasteiger partial charge is 0.300 e. The van der Waals surface area contributed by atoms with E-state index in [1.54, 1.807) is 12.1 Å². The van der Waals surface area contributed by atoms with Crippen LogP contribution in [0.3, 0.4) is 0 Å². The molecule has 1 aromatic rings. The molecule has 0 N–H and O–H groups in total. The standard InChI is InChI=1S/C12H13ClN2O3/c13-10-2-1-9(12(7-10)15(17)18)8-14-5-3-11(16)4-6-14/h1-2,7H,3-6,8H2. The minimum atomic E-state index is -0.420. The lowest BCUT2D eigenvalue weighted by Crippen LogP contribution is -2.33. The summed E-state index contributed by atoms with van der Waals surface area (Å²) in [7, 11) is 0. The first-order chi connectivity index (χ1) is 8.56. The average molecular weight is 269 g/mol. The zero-order chi connectivity index (χ0) is 13.1. The molecule has 0 atom stereocenters. The Bertz CT molecular complexity index is 480. The zero-order valence-electron chi connectivity index (χ0n) is 9.76.